The summed E-state index contributed by atoms with van der Waals surface area (Å²) >= 11 is 0. The zero-order chi connectivity index (χ0) is 31.2. The predicted octanol–water partition coefficient (Wildman–Crippen LogP) is 4.96. The summed E-state index contributed by atoms with van der Waals surface area (Å²) in [6.45, 7) is 17.8. The van der Waals surface area contributed by atoms with E-state index in [1.807, 2.05) is 59.4 Å². The third kappa shape index (κ3) is 5.39. The summed E-state index contributed by atoms with van der Waals surface area (Å²) in [6.07, 6.45) is 3.92. The van der Waals surface area contributed by atoms with Gasteiger partial charge in [-0.3, -0.25) is 9.69 Å². The van der Waals surface area contributed by atoms with Crippen LogP contribution in [0.1, 0.15) is 99.5 Å². The zero-order valence-corrected chi connectivity index (χ0v) is 27.3. The van der Waals surface area contributed by atoms with Crippen LogP contribution in [0, 0.1) is 0 Å². The summed E-state index contributed by atoms with van der Waals surface area (Å²) < 4.78 is 33.2. The van der Waals surface area contributed by atoms with Crippen molar-refractivity contribution in [2.24, 2.45) is 0 Å². The smallest absolute Gasteiger partial charge is 0.444 e. The molecule has 0 radical (unpaired) electrons. The van der Waals surface area contributed by atoms with Gasteiger partial charge in [-0.05, 0) is 118 Å². The van der Waals surface area contributed by atoms with Crippen LogP contribution >= 0.6 is 0 Å². The molecular formula is C33H49BFN3O5. The number of halogens is 1. The van der Waals surface area contributed by atoms with E-state index in [0.29, 0.717) is 38.9 Å². The van der Waals surface area contributed by atoms with Gasteiger partial charge in [0.15, 0.2) is 0 Å². The average molecular weight is 598 g/mol. The van der Waals surface area contributed by atoms with Crippen LogP contribution in [0.25, 0.3) is 0 Å². The largest absolute Gasteiger partial charge is 0.494 e. The molecule has 3 saturated heterocycles. The molecule has 4 aliphatic heterocycles. The van der Waals surface area contributed by atoms with Gasteiger partial charge in [0.05, 0.1) is 16.6 Å². The van der Waals surface area contributed by atoms with E-state index in [2.05, 4.69) is 17.0 Å². The molecule has 1 unspecified atom stereocenters. The minimum atomic E-state index is -1.15. The van der Waals surface area contributed by atoms with E-state index < -0.39 is 35.0 Å². The van der Waals surface area contributed by atoms with Gasteiger partial charge in [0.25, 0.3) is 0 Å². The fourth-order valence-corrected chi connectivity index (χ4v) is 7.59. The van der Waals surface area contributed by atoms with Gasteiger partial charge in [0.1, 0.15) is 11.3 Å². The SMILES string of the molecule is CC1(F)CCCN(C2CC(N3C(=O)C4(CCN(C(=O)OC(C)(C)C)CC4)c4ccc(B5OC(C)(C)C(C)(C)O5)cc43)C2)C1. The molecule has 8 nitrogen and oxygen atoms in total. The molecule has 236 valence electrons. The molecule has 0 bridgehead atoms. The normalized spacial score (nSPS) is 31.7. The van der Waals surface area contributed by atoms with Gasteiger partial charge in [-0.1, -0.05) is 12.1 Å². The first-order valence-corrected chi connectivity index (χ1v) is 16.2. The first-order chi connectivity index (χ1) is 19.9. The topological polar surface area (TPSA) is 71.6 Å². The number of benzene rings is 1. The Kier molecular flexibility index (Phi) is 7.30. The first kappa shape index (κ1) is 30.8. The summed E-state index contributed by atoms with van der Waals surface area (Å²) in [4.78, 5) is 33.5. The van der Waals surface area contributed by atoms with Crippen molar-refractivity contribution in [3.8, 4) is 0 Å². The van der Waals surface area contributed by atoms with Gasteiger partial charge in [0.2, 0.25) is 5.91 Å². The number of nitrogens with zero attached hydrogens (tertiary/aromatic N) is 3. The van der Waals surface area contributed by atoms with Crippen LogP contribution < -0.4 is 10.4 Å². The maximum atomic E-state index is 14.9. The maximum absolute atomic E-state index is 14.9. The van der Waals surface area contributed by atoms with E-state index in [0.717, 1.165) is 42.5 Å². The maximum Gasteiger partial charge on any atom is 0.494 e. The molecule has 5 aliphatic rings. The standard InChI is InChI=1S/C33H49BFN3O5/c1-29(2,3)41-28(40)36-16-13-33(14-17-36)25-11-10-22(34-42-30(4,5)31(6,7)43-34)18-26(25)38(27(33)39)24-19-23(20-24)37-15-9-12-32(8,35)21-37/h10-11,18,23-24H,9,12-17,19-21H2,1-8H3. The van der Waals surface area contributed by atoms with Crippen LogP contribution in [-0.2, 0) is 24.3 Å². The quantitative estimate of drug-likeness (QED) is 0.459. The number of fused-ring (bicyclic) bond motifs is 2. The molecule has 1 atom stereocenters. The number of alkyl halides is 1. The van der Waals surface area contributed by atoms with Gasteiger partial charge < -0.3 is 23.8 Å². The molecule has 1 aliphatic carbocycles. The number of likely N-dealkylation sites (tertiary alicyclic amines) is 2. The number of carbonyl (C=O) groups is 2. The fraction of sp³-hybridized carbons (Fsp3) is 0.758. The minimum absolute atomic E-state index is 0.0563. The van der Waals surface area contributed by atoms with Crippen molar-refractivity contribution in [1.29, 1.82) is 0 Å². The van der Waals surface area contributed by atoms with Crippen LogP contribution in [-0.4, -0.2) is 89.7 Å². The Balaban J connectivity index is 1.27. The Morgan fingerprint density at radius 1 is 0.977 bits per heavy atom. The molecule has 0 aromatic heterocycles. The lowest BCUT2D eigenvalue weighted by Crippen LogP contribution is -2.60. The van der Waals surface area contributed by atoms with Crippen LogP contribution in [0.3, 0.4) is 0 Å². The Bertz CT molecular complexity index is 1260. The van der Waals surface area contributed by atoms with Gasteiger partial charge in [-0.25, -0.2) is 9.18 Å². The number of amides is 2. The molecule has 1 aromatic carbocycles. The molecule has 4 fully saturated rings. The Labute approximate surface area is 256 Å². The van der Waals surface area contributed by atoms with Crippen molar-refractivity contribution >= 4 is 30.3 Å². The number of hydrogen-bond acceptors (Lipinski definition) is 6. The number of piperidine rings is 2. The van der Waals surface area contributed by atoms with E-state index >= 15 is 0 Å². The molecule has 0 N–H and O–H groups in total. The Morgan fingerprint density at radius 2 is 1.60 bits per heavy atom. The number of ether oxygens (including phenoxy) is 1. The monoisotopic (exact) mass is 597 g/mol. The Morgan fingerprint density at radius 3 is 2.19 bits per heavy atom. The molecule has 6 rings (SSSR count). The fourth-order valence-electron chi connectivity index (χ4n) is 7.59. The summed E-state index contributed by atoms with van der Waals surface area (Å²) in [7, 11) is -0.525. The molecule has 10 heteroatoms. The second-order valence-corrected chi connectivity index (χ2v) is 15.9. The van der Waals surface area contributed by atoms with Gasteiger partial charge in [-0.15, -0.1) is 0 Å². The van der Waals surface area contributed by atoms with Crippen molar-refractivity contribution in [2.75, 3.05) is 31.1 Å². The van der Waals surface area contributed by atoms with Crippen molar-refractivity contribution in [3.05, 3.63) is 23.8 Å². The van der Waals surface area contributed by atoms with E-state index in [9.17, 15) is 14.0 Å². The van der Waals surface area contributed by atoms with E-state index in [1.54, 1.807) is 11.8 Å². The molecule has 4 heterocycles. The minimum Gasteiger partial charge on any atom is -0.444 e. The molecule has 1 saturated carbocycles. The second-order valence-electron chi connectivity index (χ2n) is 15.9. The first-order valence-electron chi connectivity index (χ1n) is 16.2. The third-order valence-electron chi connectivity index (χ3n) is 10.9. The second kappa shape index (κ2) is 10.2. The van der Waals surface area contributed by atoms with Gasteiger partial charge >= 0.3 is 13.2 Å². The van der Waals surface area contributed by atoms with Crippen LogP contribution in [0.4, 0.5) is 14.9 Å². The van der Waals surface area contributed by atoms with Gasteiger partial charge in [0, 0.05) is 37.4 Å². The average Bonchev–Trinajstić information content (AvgIpc) is 3.22. The highest BCUT2D eigenvalue weighted by Crippen LogP contribution is 2.51. The molecule has 1 spiro atoms. The van der Waals surface area contributed by atoms with Crippen molar-refractivity contribution in [3.63, 3.8) is 0 Å². The molecule has 1 aromatic rings. The molecular weight excluding hydrogens is 548 g/mol. The predicted molar refractivity (Wildman–Crippen MR) is 165 cm³/mol. The lowest BCUT2D eigenvalue weighted by atomic mass is 9.71. The lowest BCUT2D eigenvalue weighted by molar-refractivity contribution is -0.126. The van der Waals surface area contributed by atoms with Crippen LogP contribution in [0.15, 0.2) is 18.2 Å². The summed E-state index contributed by atoms with van der Waals surface area (Å²) in [5.41, 5.74) is -0.486. The number of carbonyl (C=O) groups excluding carboxylic acids is 2. The highest BCUT2D eigenvalue weighted by molar-refractivity contribution is 6.62. The van der Waals surface area contributed by atoms with Crippen molar-refractivity contribution < 1.29 is 28.0 Å². The van der Waals surface area contributed by atoms with Gasteiger partial charge in [-0.2, -0.15) is 0 Å². The van der Waals surface area contributed by atoms with Crippen LogP contribution in [0.5, 0.6) is 0 Å². The van der Waals surface area contributed by atoms with Crippen molar-refractivity contribution in [1.82, 2.24) is 9.80 Å². The molecule has 43 heavy (non-hydrogen) atoms. The summed E-state index contributed by atoms with van der Waals surface area (Å²) in [6, 6.07) is 6.57. The van der Waals surface area contributed by atoms with E-state index in [1.165, 1.54) is 0 Å². The highest BCUT2D eigenvalue weighted by atomic mass is 19.1. The number of hydrogen-bond donors (Lipinski definition) is 0. The molecule has 2 amide bonds. The number of rotatable bonds is 3. The summed E-state index contributed by atoms with van der Waals surface area (Å²) in [5.74, 6) is 0.120. The van der Waals surface area contributed by atoms with E-state index in [-0.39, 0.29) is 24.1 Å². The Hall–Kier alpha value is -2.17. The third-order valence-corrected chi connectivity index (χ3v) is 10.9. The van der Waals surface area contributed by atoms with Crippen LogP contribution in [0.2, 0.25) is 0 Å². The zero-order valence-electron chi connectivity index (χ0n) is 27.3. The lowest BCUT2D eigenvalue weighted by Gasteiger charge is -2.50. The van der Waals surface area contributed by atoms with Crippen molar-refractivity contribution in [2.45, 2.75) is 134 Å². The van der Waals surface area contributed by atoms with E-state index in [4.69, 9.17) is 14.0 Å². The number of anilines is 1. The summed E-state index contributed by atoms with van der Waals surface area (Å²) in [5, 5.41) is 0. The highest BCUT2D eigenvalue weighted by Gasteiger charge is 2.57.